The molecule has 0 aromatic carbocycles. The van der Waals surface area contributed by atoms with E-state index in [0.29, 0.717) is 19.8 Å². The first kappa shape index (κ1) is 14.3. The molecule has 1 fully saturated rings. The average molecular weight is 244 g/mol. The summed E-state index contributed by atoms with van der Waals surface area (Å²) < 4.78 is 10.7. The first-order valence-electron chi connectivity index (χ1n) is 6.22. The number of hydrogen-bond donors (Lipinski definition) is 2. The standard InChI is InChI=1S/C12H24N2O3/c1-4-11(2,3)17-10(15)14-12(9-13)5-7-16-8-6-12/h4-9,13H2,1-3H3,(H,14,15). The molecule has 5 heteroatoms. The minimum absolute atomic E-state index is 0.362. The Morgan fingerprint density at radius 2 is 2.06 bits per heavy atom. The summed E-state index contributed by atoms with van der Waals surface area (Å²) in [7, 11) is 0. The normalized spacial score (nSPS) is 19.8. The van der Waals surface area contributed by atoms with Gasteiger partial charge in [0.1, 0.15) is 5.60 Å². The van der Waals surface area contributed by atoms with Crippen LogP contribution in [0.25, 0.3) is 0 Å². The van der Waals surface area contributed by atoms with E-state index in [4.69, 9.17) is 15.2 Å². The van der Waals surface area contributed by atoms with E-state index in [-0.39, 0.29) is 11.6 Å². The Hall–Kier alpha value is -0.810. The van der Waals surface area contributed by atoms with Crippen molar-refractivity contribution in [3.05, 3.63) is 0 Å². The van der Waals surface area contributed by atoms with E-state index in [1.54, 1.807) is 0 Å². The van der Waals surface area contributed by atoms with Crippen LogP contribution in [0.3, 0.4) is 0 Å². The maximum Gasteiger partial charge on any atom is 0.408 e. The molecule has 3 N–H and O–H groups in total. The fourth-order valence-corrected chi connectivity index (χ4v) is 1.71. The van der Waals surface area contributed by atoms with Crippen molar-refractivity contribution in [2.75, 3.05) is 19.8 Å². The molecule has 1 rings (SSSR count). The van der Waals surface area contributed by atoms with Crippen LogP contribution in [-0.2, 0) is 9.47 Å². The predicted octanol–water partition coefficient (Wildman–Crippen LogP) is 1.41. The Morgan fingerprint density at radius 3 is 2.53 bits per heavy atom. The summed E-state index contributed by atoms with van der Waals surface area (Å²) in [6.07, 6.45) is 1.87. The summed E-state index contributed by atoms with van der Waals surface area (Å²) in [6, 6.07) is 0. The zero-order valence-electron chi connectivity index (χ0n) is 11.0. The Kier molecular flexibility index (Phi) is 4.77. The van der Waals surface area contributed by atoms with Crippen LogP contribution in [0, 0.1) is 0 Å². The van der Waals surface area contributed by atoms with Gasteiger partial charge < -0.3 is 20.5 Å². The monoisotopic (exact) mass is 244 g/mol. The van der Waals surface area contributed by atoms with E-state index in [1.807, 2.05) is 20.8 Å². The van der Waals surface area contributed by atoms with Gasteiger partial charge in [-0.15, -0.1) is 0 Å². The second-order valence-corrected chi connectivity index (χ2v) is 5.22. The number of hydrogen-bond acceptors (Lipinski definition) is 4. The van der Waals surface area contributed by atoms with E-state index in [2.05, 4.69) is 5.32 Å². The summed E-state index contributed by atoms with van der Waals surface area (Å²) in [5.41, 5.74) is 4.96. The molecule has 0 aromatic heterocycles. The van der Waals surface area contributed by atoms with Crippen LogP contribution >= 0.6 is 0 Å². The predicted molar refractivity (Wildman–Crippen MR) is 65.8 cm³/mol. The van der Waals surface area contributed by atoms with Gasteiger partial charge in [0.05, 0.1) is 5.54 Å². The molecule has 0 atom stereocenters. The number of nitrogens with two attached hydrogens (primary N) is 1. The van der Waals surface area contributed by atoms with Gasteiger partial charge in [-0.1, -0.05) is 6.92 Å². The molecule has 0 saturated carbocycles. The molecule has 0 unspecified atom stereocenters. The number of ether oxygens (including phenoxy) is 2. The quantitative estimate of drug-likeness (QED) is 0.784. The van der Waals surface area contributed by atoms with Crippen LogP contribution in [0.15, 0.2) is 0 Å². The van der Waals surface area contributed by atoms with E-state index in [9.17, 15) is 4.79 Å². The Labute approximate surface area is 103 Å². The van der Waals surface area contributed by atoms with Gasteiger partial charge in [-0.05, 0) is 33.1 Å². The van der Waals surface area contributed by atoms with Crippen molar-refractivity contribution in [3.63, 3.8) is 0 Å². The third-order valence-corrected chi connectivity index (χ3v) is 3.43. The van der Waals surface area contributed by atoms with Crippen molar-refractivity contribution in [1.82, 2.24) is 5.32 Å². The molecule has 1 aliphatic rings. The highest BCUT2D eigenvalue weighted by atomic mass is 16.6. The largest absolute Gasteiger partial charge is 0.444 e. The lowest BCUT2D eigenvalue weighted by Gasteiger charge is -2.37. The zero-order chi connectivity index (χ0) is 12.9. The lowest BCUT2D eigenvalue weighted by Crippen LogP contribution is -2.57. The fraction of sp³-hybridized carbons (Fsp3) is 0.917. The van der Waals surface area contributed by atoms with Gasteiger partial charge in [0.15, 0.2) is 0 Å². The van der Waals surface area contributed by atoms with E-state index < -0.39 is 5.60 Å². The van der Waals surface area contributed by atoms with E-state index in [0.717, 1.165) is 19.3 Å². The SMILES string of the molecule is CCC(C)(C)OC(=O)NC1(CN)CCOCC1. The van der Waals surface area contributed by atoms with Crippen molar-refractivity contribution >= 4 is 6.09 Å². The summed E-state index contributed by atoms with van der Waals surface area (Å²) in [5, 5.41) is 2.91. The molecule has 0 aliphatic carbocycles. The molecular weight excluding hydrogens is 220 g/mol. The van der Waals surface area contributed by atoms with Crippen LogP contribution in [0.4, 0.5) is 4.79 Å². The Morgan fingerprint density at radius 1 is 1.47 bits per heavy atom. The Balaban J connectivity index is 2.53. The maximum absolute atomic E-state index is 11.8. The smallest absolute Gasteiger partial charge is 0.408 e. The first-order valence-corrected chi connectivity index (χ1v) is 6.22. The van der Waals surface area contributed by atoms with Gasteiger partial charge in [0, 0.05) is 19.8 Å². The van der Waals surface area contributed by atoms with E-state index >= 15 is 0 Å². The van der Waals surface area contributed by atoms with Gasteiger partial charge in [-0.2, -0.15) is 0 Å². The van der Waals surface area contributed by atoms with Crippen LogP contribution in [0.1, 0.15) is 40.0 Å². The lowest BCUT2D eigenvalue weighted by atomic mass is 9.90. The second kappa shape index (κ2) is 5.69. The van der Waals surface area contributed by atoms with Crippen LogP contribution < -0.4 is 11.1 Å². The fourth-order valence-electron chi connectivity index (χ4n) is 1.71. The van der Waals surface area contributed by atoms with Crippen LogP contribution in [0.2, 0.25) is 0 Å². The number of carbonyl (C=O) groups is 1. The zero-order valence-corrected chi connectivity index (χ0v) is 11.0. The molecule has 0 bridgehead atoms. The molecule has 0 spiro atoms. The highest BCUT2D eigenvalue weighted by Gasteiger charge is 2.34. The van der Waals surface area contributed by atoms with Gasteiger partial charge in [0.25, 0.3) is 0 Å². The van der Waals surface area contributed by atoms with Crippen molar-refractivity contribution < 1.29 is 14.3 Å². The number of amides is 1. The highest BCUT2D eigenvalue weighted by molar-refractivity contribution is 5.69. The number of alkyl carbamates (subject to hydrolysis) is 1. The molecule has 100 valence electrons. The van der Waals surface area contributed by atoms with Crippen LogP contribution in [-0.4, -0.2) is 37.0 Å². The second-order valence-electron chi connectivity index (χ2n) is 5.22. The van der Waals surface area contributed by atoms with Gasteiger partial charge in [-0.3, -0.25) is 0 Å². The lowest BCUT2D eigenvalue weighted by molar-refractivity contribution is 0.0114. The summed E-state index contributed by atoms with van der Waals surface area (Å²) in [4.78, 5) is 11.8. The summed E-state index contributed by atoms with van der Waals surface area (Å²) >= 11 is 0. The summed E-state index contributed by atoms with van der Waals surface area (Å²) in [5.74, 6) is 0. The van der Waals surface area contributed by atoms with Gasteiger partial charge in [-0.25, -0.2) is 4.79 Å². The Bertz CT molecular complexity index is 260. The molecule has 0 aromatic rings. The molecule has 1 heterocycles. The maximum atomic E-state index is 11.8. The summed E-state index contributed by atoms with van der Waals surface area (Å²) in [6.45, 7) is 7.46. The van der Waals surface area contributed by atoms with Gasteiger partial charge >= 0.3 is 6.09 Å². The number of carbonyl (C=O) groups excluding carboxylic acids is 1. The third-order valence-electron chi connectivity index (χ3n) is 3.43. The molecule has 1 amide bonds. The van der Waals surface area contributed by atoms with Crippen molar-refractivity contribution in [1.29, 1.82) is 0 Å². The van der Waals surface area contributed by atoms with E-state index in [1.165, 1.54) is 0 Å². The molecule has 17 heavy (non-hydrogen) atoms. The molecule has 5 nitrogen and oxygen atoms in total. The van der Waals surface area contributed by atoms with Crippen molar-refractivity contribution in [2.45, 2.75) is 51.2 Å². The number of nitrogens with one attached hydrogen (secondary N) is 1. The number of rotatable bonds is 4. The molecular formula is C12H24N2O3. The molecule has 1 aliphatic heterocycles. The van der Waals surface area contributed by atoms with Gasteiger partial charge in [0.2, 0.25) is 0 Å². The minimum atomic E-state index is -0.439. The average Bonchev–Trinajstić information content (AvgIpc) is 2.29. The molecule has 1 saturated heterocycles. The highest BCUT2D eigenvalue weighted by Crippen LogP contribution is 2.21. The van der Waals surface area contributed by atoms with Crippen molar-refractivity contribution in [3.8, 4) is 0 Å². The first-order chi connectivity index (χ1) is 7.93. The minimum Gasteiger partial charge on any atom is -0.444 e. The third kappa shape index (κ3) is 4.16. The topological polar surface area (TPSA) is 73.6 Å². The molecule has 0 radical (unpaired) electrons. The van der Waals surface area contributed by atoms with Crippen molar-refractivity contribution in [2.24, 2.45) is 5.73 Å². The van der Waals surface area contributed by atoms with Crippen LogP contribution in [0.5, 0.6) is 0 Å².